The van der Waals surface area contributed by atoms with Crippen LogP contribution < -0.4 is 9.47 Å². The monoisotopic (exact) mass is 453 g/mol. The molecular formula is C22H31NO7S. The fourth-order valence-electron chi connectivity index (χ4n) is 3.00. The van der Waals surface area contributed by atoms with E-state index in [4.69, 9.17) is 14.2 Å². The second-order valence-corrected chi connectivity index (χ2v) is 10.1. The highest BCUT2D eigenvalue weighted by atomic mass is 32.2. The van der Waals surface area contributed by atoms with Crippen molar-refractivity contribution in [2.45, 2.75) is 33.2 Å². The van der Waals surface area contributed by atoms with Crippen LogP contribution in [0.25, 0.3) is 6.08 Å². The Balaban J connectivity index is 1.90. The quantitative estimate of drug-likeness (QED) is 0.396. The standard InChI is InChI=1S/C22H31NO7S/c1-5-28-20-12-17(6-8-19(20)29-13-16(2)3)7-9-22(25)30-14-21(24)23(4)18-10-11-31(26,27)15-18/h6-9,12,16,18H,5,10-11,13-15H2,1-4H3/b9-7+. The first-order valence-corrected chi connectivity index (χ1v) is 12.1. The molecule has 1 unspecified atom stereocenters. The number of nitrogens with zero attached hydrogens (tertiary/aromatic N) is 1. The zero-order chi connectivity index (χ0) is 23.0. The van der Waals surface area contributed by atoms with Gasteiger partial charge in [0.15, 0.2) is 27.9 Å². The van der Waals surface area contributed by atoms with Crippen LogP contribution in [-0.2, 0) is 24.2 Å². The first kappa shape index (κ1) is 24.7. The van der Waals surface area contributed by atoms with E-state index in [9.17, 15) is 18.0 Å². The molecule has 0 bridgehead atoms. The average Bonchev–Trinajstić information content (AvgIpc) is 3.08. The molecule has 0 spiro atoms. The summed E-state index contributed by atoms with van der Waals surface area (Å²) < 4.78 is 39.5. The third-order valence-electron chi connectivity index (χ3n) is 4.74. The average molecular weight is 454 g/mol. The number of ether oxygens (including phenoxy) is 3. The SMILES string of the molecule is CCOc1cc(/C=C/C(=O)OCC(=O)N(C)C2CCS(=O)(=O)C2)ccc1OCC(C)C. The van der Waals surface area contributed by atoms with Crippen molar-refractivity contribution in [2.75, 3.05) is 38.4 Å². The van der Waals surface area contributed by atoms with Crippen LogP contribution in [0, 0.1) is 5.92 Å². The lowest BCUT2D eigenvalue weighted by Crippen LogP contribution is -2.40. The number of hydrogen-bond donors (Lipinski definition) is 0. The van der Waals surface area contributed by atoms with Gasteiger partial charge in [0.05, 0.1) is 24.7 Å². The van der Waals surface area contributed by atoms with Crippen molar-refractivity contribution >= 4 is 27.8 Å². The third-order valence-corrected chi connectivity index (χ3v) is 6.49. The molecule has 0 aromatic heterocycles. The van der Waals surface area contributed by atoms with Crippen molar-refractivity contribution in [3.05, 3.63) is 29.8 Å². The van der Waals surface area contributed by atoms with E-state index in [1.54, 1.807) is 24.3 Å². The molecule has 1 aromatic carbocycles. The van der Waals surface area contributed by atoms with Crippen molar-refractivity contribution in [3.8, 4) is 11.5 Å². The minimum atomic E-state index is -3.10. The summed E-state index contributed by atoms with van der Waals surface area (Å²) in [6, 6.07) is 4.97. The smallest absolute Gasteiger partial charge is 0.331 e. The summed E-state index contributed by atoms with van der Waals surface area (Å²) in [5.41, 5.74) is 0.719. The van der Waals surface area contributed by atoms with Gasteiger partial charge in [0.1, 0.15) is 0 Å². The van der Waals surface area contributed by atoms with Gasteiger partial charge in [0.2, 0.25) is 0 Å². The summed E-state index contributed by atoms with van der Waals surface area (Å²) in [5.74, 6) is 0.516. The molecule has 2 rings (SSSR count). The van der Waals surface area contributed by atoms with E-state index < -0.39 is 28.3 Å². The minimum absolute atomic E-state index is 0.0534. The second kappa shape index (κ2) is 11.2. The van der Waals surface area contributed by atoms with Crippen LogP contribution in [0.3, 0.4) is 0 Å². The van der Waals surface area contributed by atoms with Gasteiger partial charge in [0, 0.05) is 19.2 Å². The Hall–Kier alpha value is -2.55. The van der Waals surface area contributed by atoms with Gasteiger partial charge in [-0.3, -0.25) is 4.79 Å². The Kier molecular flexibility index (Phi) is 8.91. The van der Waals surface area contributed by atoms with E-state index in [-0.39, 0.29) is 17.5 Å². The van der Waals surface area contributed by atoms with E-state index >= 15 is 0 Å². The minimum Gasteiger partial charge on any atom is -0.490 e. The van der Waals surface area contributed by atoms with Crippen molar-refractivity contribution in [3.63, 3.8) is 0 Å². The highest BCUT2D eigenvalue weighted by Gasteiger charge is 2.32. The Morgan fingerprint density at radius 3 is 2.58 bits per heavy atom. The van der Waals surface area contributed by atoms with Crippen LogP contribution in [0.15, 0.2) is 24.3 Å². The maximum absolute atomic E-state index is 12.2. The molecule has 1 aliphatic heterocycles. The number of likely N-dealkylation sites (N-methyl/N-ethyl adjacent to an activating group) is 1. The molecule has 0 aliphatic carbocycles. The summed E-state index contributed by atoms with van der Waals surface area (Å²) in [6.45, 7) is 6.59. The van der Waals surface area contributed by atoms with Crippen LogP contribution in [0.5, 0.6) is 11.5 Å². The van der Waals surface area contributed by atoms with Gasteiger partial charge in [-0.1, -0.05) is 19.9 Å². The predicted octanol–water partition coefficient (Wildman–Crippen LogP) is 2.32. The number of rotatable bonds is 10. The molecule has 31 heavy (non-hydrogen) atoms. The van der Waals surface area contributed by atoms with E-state index in [0.29, 0.717) is 37.1 Å². The molecule has 172 valence electrons. The Morgan fingerprint density at radius 1 is 1.23 bits per heavy atom. The number of amides is 1. The molecule has 1 amide bonds. The molecule has 1 atom stereocenters. The largest absolute Gasteiger partial charge is 0.490 e. The van der Waals surface area contributed by atoms with Crippen LogP contribution in [0.1, 0.15) is 32.8 Å². The van der Waals surface area contributed by atoms with Crippen molar-refractivity contribution in [1.29, 1.82) is 0 Å². The van der Waals surface area contributed by atoms with Crippen molar-refractivity contribution in [2.24, 2.45) is 5.92 Å². The number of hydrogen-bond acceptors (Lipinski definition) is 7. The molecule has 0 N–H and O–H groups in total. The number of sulfone groups is 1. The Bertz CT molecular complexity index is 908. The van der Waals surface area contributed by atoms with Gasteiger partial charge in [0.25, 0.3) is 5.91 Å². The lowest BCUT2D eigenvalue weighted by Gasteiger charge is -2.22. The van der Waals surface area contributed by atoms with Crippen LogP contribution in [-0.4, -0.2) is 69.6 Å². The molecule has 0 saturated carbocycles. The number of esters is 1. The number of carbonyl (C=O) groups is 2. The van der Waals surface area contributed by atoms with E-state index in [2.05, 4.69) is 13.8 Å². The molecule has 0 radical (unpaired) electrons. The highest BCUT2D eigenvalue weighted by molar-refractivity contribution is 7.91. The maximum Gasteiger partial charge on any atom is 0.331 e. The van der Waals surface area contributed by atoms with Crippen molar-refractivity contribution in [1.82, 2.24) is 4.90 Å². The molecule has 1 fully saturated rings. The van der Waals surface area contributed by atoms with Gasteiger partial charge in [-0.25, -0.2) is 13.2 Å². The summed E-state index contributed by atoms with van der Waals surface area (Å²) in [6.07, 6.45) is 3.19. The van der Waals surface area contributed by atoms with E-state index in [1.165, 1.54) is 18.0 Å². The Morgan fingerprint density at radius 2 is 1.97 bits per heavy atom. The normalized spacial score (nSPS) is 17.6. The summed E-state index contributed by atoms with van der Waals surface area (Å²) in [4.78, 5) is 25.5. The summed E-state index contributed by atoms with van der Waals surface area (Å²) in [5, 5.41) is 0. The van der Waals surface area contributed by atoms with Crippen LogP contribution in [0.2, 0.25) is 0 Å². The molecule has 1 aliphatic rings. The molecule has 1 aromatic rings. The molecule has 8 nitrogen and oxygen atoms in total. The van der Waals surface area contributed by atoms with Gasteiger partial charge < -0.3 is 19.1 Å². The summed E-state index contributed by atoms with van der Waals surface area (Å²) >= 11 is 0. The van der Waals surface area contributed by atoms with Crippen LogP contribution >= 0.6 is 0 Å². The van der Waals surface area contributed by atoms with Crippen LogP contribution in [0.4, 0.5) is 0 Å². The fourth-order valence-corrected chi connectivity index (χ4v) is 4.78. The topological polar surface area (TPSA) is 99.2 Å². The zero-order valence-corrected chi connectivity index (χ0v) is 19.3. The summed E-state index contributed by atoms with van der Waals surface area (Å²) in [7, 11) is -1.57. The van der Waals surface area contributed by atoms with Crippen molar-refractivity contribution < 1.29 is 32.2 Å². The molecule has 1 saturated heterocycles. The predicted molar refractivity (Wildman–Crippen MR) is 118 cm³/mol. The van der Waals surface area contributed by atoms with Gasteiger partial charge in [-0.05, 0) is 43.0 Å². The lowest BCUT2D eigenvalue weighted by molar-refractivity contribution is -0.148. The molecule has 9 heteroatoms. The lowest BCUT2D eigenvalue weighted by atomic mass is 10.2. The zero-order valence-electron chi connectivity index (χ0n) is 18.5. The van der Waals surface area contributed by atoms with Gasteiger partial charge in [-0.2, -0.15) is 0 Å². The van der Waals surface area contributed by atoms with Gasteiger partial charge in [-0.15, -0.1) is 0 Å². The maximum atomic E-state index is 12.2. The first-order chi connectivity index (χ1) is 14.6. The number of carbonyl (C=O) groups excluding carboxylic acids is 2. The second-order valence-electron chi connectivity index (χ2n) is 7.85. The highest BCUT2D eigenvalue weighted by Crippen LogP contribution is 2.29. The first-order valence-electron chi connectivity index (χ1n) is 10.3. The molecule has 1 heterocycles. The number of benzene rings is 1. The third kappa shape index (κ3) is 7.90. The fraction of sp³-hybridized carbons (Fsp3) is 0.545. The van der Waals surface area contributed by atoms with Gasteiger partial charge >= 0.3 is 5.97 Å². The van der Waals surface area contributed by atoms with E-state index in [0.717, 1.165) is 5.56 Å². The molecular weight excluding hydrogens is 422 g/mol. The van der Waals surface area contributed by atoms with E-state index in [1.807, 2.05) is 6.92 Å². The Labute approximate surface area is 184 Å².